The van der Waals surface area contributed by atoms with Gasteiger partial charge in [-0.3, -0.25) is 14.7 Å². The molecule has 1 N–H and O–H groups in total. The molecule has 0 fully saturated rings. The minimum absolute atomic E-state index is 0.0518. The molecule has 0 spiro atoms. The number of carbonyl (C=O) groups excluding carboxylic acids is 1. The molecule has 5 rings (SSSR count). The summed E-state index contributed by atoms with van der Waals surface area (Å²) in [4.78, 5) is 19.3. The van der Waals surface area contributed by atoms with E-state index in [4.69, 9.17) is 4.74 Å². The molecule has 5 nitrogen and oxygen atoms in total. The van der Waals surface area contributed by atoms with Crippen molar-refractivity contribution in [3.8, 4) is 5.75 Å². The Balaban J connectivity index is 1.21. The van der Waals surface area contributed by atoms with Crippen LogP contribution < -0.4 is 10.1 Å². The van der Waals surface area contributed by atoms with Gasteiger partial charge < -0.3 is 10.1 Å². The van der Waals surface area contributed by atoms with Crippen molar-refractivity contribution >= 4 is 16.8 Å². The SMILES string of the molecule is O=C(CCN1Cc2ccccc2OC(c2ccccc2)C1)NCc1ccc2ncccc2c1. The van der Waals surface area contributed by atoms with Crippen LogP contribution in [-0.4, -0.2) is 28.9 Å². The smallest absolute Gasteiger partial charge is 0.221 e. The fourth-order valence-electron chi connectivity index (χ4n) is 4.28. The van der Waals surface area contributed by atoms with Gasteiger partial charge in [0.05, 0.1) is 5.52 Å². The minimum Gasteiger partial charge on any atom is -0.484 e. The van der Waals surface area contributed by atoms with Crippen LogP contribution in [0.1, 0.15) is 29.2 Å². The van der Waals surface area contributed by atoms with Crippen molar-refractivity contribution in [1.29, 1.82) is 0 Å². The number of para-hydroxylation sites is 1. The van der Waals surface area contributed by atoms with Crippen LogP contribution in [0.5, 0.6) is 5.75 Å². The molecule has 3 aromatic carbocycles. The van der Waals surface area contributed by atoms with Gasteiger partial charge in [-0.1, -0.05) is 60.7 Å². The van der Waals surface area contributed by atoms with Crippen LogP contribution in [0, 0.1) is 0 Å². The van der Waals surface area contributed by atoms with Crippen molar-refractivity contribution in [1.82, 2.24) is 15.2 Å². The number of pyridine rings is 1. The van der Waals surface area contributed by atoms with Crippen molar-refractivity contribution in [3.05, 3.63) is 108 Å². The molecule has 1 aliphatic rings. The zero-order chi connectivity index (χ0) is 22.5. The zero-order valence-corrected chi connectivity index (χ0v) is 18.5. The Kier molecular flexibility index (Phi) is 6.31. The van der Waals surface area contributed by atoms with Crippen molar-refractivity contribution in [2.24, 2.45) is 0 Å². The lowest BCUT2D eigenvalue weighted by atomic mass is 10.1. The van der Waals surface area contributed by atoms with E-state index in [9.17, 15) is 4.79 Å². The number of amides is 1. The summed E-state index contributed by atoms with van der Waals surface area (Å²) in [6, 6.07) is 28.5. The lowest BCUT2D eigenvalue weighted by Gasteiger charge is -2.24. The van der Waals surface area contributed by atoms with E-state index in [1.165, 1.54) is 0 Å². The number of rotatable bonds is 6. The van der Waals surface area contributed by atoms with Gasteiger partial charge in [-0.25, -0.2) is 0 Å². The van der Waals surface area contributed by atoms with Gasteiger partial charge in [0, 0.05) is 49.7 Å². The third kappa shape index (κ3) is 5.21. The van der Waals surface area contributed by atoms with Gasteiger partial charge in [0.25, 0.3) is 0 Å². The summed E-state index contributed by atoms with van der Waals surface area (Å²) >= 11 is 0. The fourth-order valence-corrected chi connectivity index (χ4v) is 4.28. The van der Waals surface area contributed by atoms with Crippen LogP contribution in [0.15, 0.2) is 91.1 Å². The Morgan fingerprint density at radius 3 is 2.76 bits per heavy atom. The van der Waals surface area contributed by atoms with Gasteiger partial charge in [-0.15, -0.1) is 0 Å². The third-order valence-electron chi connectivity index (χ3n) is 6.04. The standard InChI is InChI=1S/C28H27N3O2/c32-28(30-18-21-12-13-25-23(17-21)10-6-15-29-25)14-16-31-19-24-9-4-5-11-26(24)33-27(20-31)22-7-2-1-3-8-22/h1-13,15,17,27H,14,16,18-20H2,(H,30,32). The number of fused-ring (bicyclic) bond motifs is 2. The zero-order valence-electron chi connectivity index (χ0n) is 18.5. The van der Waals surface area contributed by atoms with Crippen LogP contribution in [0.4, 0.5) is 0 Å². The van der Waals surface area contributed by atoms with Gasteiger partial charge in [-0.2, -0.15) is 0 Å². The minimum atomic E-state index is -0.0656. The summed E-state index contributed by atoms with van der Waals surface area (Å²) in [6.07, 6.45) is 2.17. The highest BCUT2D eigenvalue weighted by Gasteiger charge is 2.24. The molecule has 0 aliphatic carbocycles. The summed E-state index contributed by atoms with van der Waals surface area (Å²) in [6.45, 7) is 2.70. The van der Waals surface area contributed by atoms with E-state index in [1.807, 2.05) is 60.7 Å². The second-order valence-electron chi connectivity index (χ2n) is 8.42. The predicted molar refractivity (Wildman–Crippen MR) is 130 cm³/mol. The molecule has 1 aliphatic heterocycles. The highest BCUT2D eigenvalue weighted by Crippen LogP contribution is 2.31. The first-order valence-electron chi connectivity index (χ1n) is 11.4. The average Bonchev–Trinajstić information content (AvgIpc) is 3.06. The Morgan fingerprint density at radius 1 is 1.00 bits per heavy atom. The van der Waals surface area contributed by atoms with E-state index in [1.54, 1.807) is 6.20 Å². The summed E-state index contributed by atoms with van der Waals surface area (Å²) < 4.78 is 6.37. The Bertz CT molecular complexity index is 1240. The number of aromatic nitrogens is 1. The molecule has 0 radical (unpaired) electrons. The van der Waals surface area contributed by atoms with Crippen LogP contribution in [0.2, 0.25) is 0 Å². The Morgan fingerprint density at radius 2 is 1.85 bits per heavy atom. The van der Waals surface area contributed by atoms with E-state index in [0.717, 1.165) is 46.4 Å². The van der Waals surface area contributed by atoms with Crippen LogP contribution in [0.3, 0.4) is 0 Å². The van der Waals surface area contributed by atoms with Crippen molar-refractivity contribution in [3.63, 3.8) is 0 Å². The first-order valence-corrected chi connectivity index (χ1v) is 11.4. The van der Waals surface area contributed by atoms with Crippen molar-refractivity contribution in [2.75, 3.05) is 13.1 Å². The number of hydrogen-bond acceptors (Lipinski definition) is 4. The molecule has 1 atom stereocenters. The number of nitrogens with zero attached hydrogens (tertiary/aromatic N) is 2. The van der Waals surface area contributed by atoms with Gasteiger partial charge in [0.1, 0.15) is 11.9 Å². The maximum atomic E-state index is 12.6. The van der Waals surface area contributed by atoms with Crippen LogP contribution >= 0.6 is 0 Å². The number of benzene rings is 3. The second kappa shape index (κ2) is 9.84. The third-order valence-corrected chi connectivity index (χ3v) is 6.04. The molecule has 33 heavy (non-hydrogen) atoms. The van der Waals surface area contributed by atoms with Gasteiger partial charge >= 0.3 is 0 Å². The van der Waals surface area contributed by atoms with Crippen molar-refractivity contribution in [2.45, 2.75) is 25.6 Å². The molecular weight excluding hydrogens is 410 g/mol. The number of hydrogen-bond donors (Lipinski definition) is 1. The highest BCUT2D eigenvalue weighted by atomic mass is 16.5. The fraction of sp³-hybridized carbons (Fsp3) is 0.214. The number of carbonyl (C=O) groups is 1. The first-order chi connectivity index (χ1) is 16.2. The molecule has 0 saturated heterocycles. The maximum Gasteiger partial charge on any atom is 0.221 e. The first kappa shape index (κ1) is 21.2. The van der Waals surface area contributed by atoms with E-state index >= 15 is 0 Å². The van der Waals surface area contributed by atoms with E-state index in [2.05, 4.69) is 39.5 Å². The molecule has 166 valence electrons. The van der Waals surface area contributed by atoms with E-state index in [-0.39, 0.29) is 12.0 Å². The number of ether oxygens (including phenoxy) is 1. The van der Waals surface area contributed by atoms with Crippen molar-refractivity contribution < 1.29 is 9.53 Å². The topological polar surface area (TPSA) is 54.5 Å². The summed E-state index contributed by atoms with van der Waals surface area (Å²) in [5.41, 5.74) is 4.34. The van der Waals surface area contributed by atoms with Crippen LogP contribution in [0.25, 0.3) is 10.9 Å². The molecule has 0 saturated carbocycles. The van der Waals surface area contributed by atoms with Gasteiger partial charge in [0.15, 0.2) is 0 Å². The van der Waals surface area contributed by atoms with Gasteiger partial charge in [0.2, 0.25) is 5.91 Å². The summed E-state index contributed by atoms with van der Waals surface area (Å²) in [5, 5.41) is 4.15. The predicted octanol–water partition coefficient (Wildman–Crippen LogP) is 4.88. The van der Waals surface area contributed by atoms with E-state index < -0.39 is 0 Å². The molecular formula is C28H27N3O2. The molecule has 1 amide bonds. The molecule has 1 aromatic heterocycles. The Labute approximate surface area is 194 Å². The largest absolute Gasteiger partial charge is 0.484 e. The molecule has 4 aromatic rings. The molecule has 0 bridgehead atoms. The monoisotopic (exact) mass is 437 g/mol. The molecule has 5 heteroatoms. The normalized spacial score (nSPS) is 15.9. The quantitative estimate of drug-likeness (QED) is 0.467. The van der Waals surface area contributed by atoms with E-state index in [0.29, 0.717) is 19.5 Å². The number of nitrogens with one attached hydrogen (secondary N) is 1. The molecule has 1 unspecified atom stereocenters. The average molecular weight is 438 g/mol. The van der Waals surface area contributed by atoms with Gasteiger partial charge in [-0.05, 0) is 35.4 Å². The summed E-state index contributed by atoms with van der Waals surface area (Å²) in [7, 11) is 0. The maximum absolute atomic E-state index is 12.6. The highest BCUT2D eigenvalue weighted by molar-refractivity contribution is 5.79. The Hall–Kier alpha value is -3.70. The molecule has 2 heterocycles. The van der Waals surface area contributed by atoms with Crippen LogP contribution in [-0.2, 0) is 17.9 Å². The lowest BCUT2D eigenvalue weighted by molar-refractivity contribution is -0.121. The lowest BCUT2D eigenvalue weighted by Crippen LogP contribution is -2.33. The summed E-state index contributed by atoms with van der Waals surface area (Å²) in [5.74, 6) is 0.972. The second-order valence-corrected chi connectivity index (χ2v) is 8.42.